The highest BCUT2D eigenvalue weighted by Gasteiger charge is 2.57. The number of allylic oxidation sites excluding steroid dienone is 2. The highest BCUT2D eigenvalue weighted by Crippen LogP contribution is 2.52. The third kappa shape index (κ3) is 4.64. The van der Waals surface area contributed by atoms with Crippen molar-refractivity contribution in [2.24, 2.45) is 23.7 Å². The molecular formula is C25H32BNO7. The van der Waals surface area contributed by atoms with Gasteiger partial charge in [0, 0.05) is 13.0 Å². The van der Waals surface area contributed by atoms with Crippen LogP contribution in [-0.2, 0) is 19.0 Å². The maximum atomic E-state index is 13.5. The number of carboxylic acids is 1. The van der Waals surface area contributed by atoms with Crippen molar-refractivity contribution in [3.63, 3.8) is 0 Å². The Bertz CT molecular complexity index is 1010. The molecule has 0 unspecified atom stereocenters. The van der Waals surface area contributed by atoms with E-state index in [1.807, 2.05) is 19.9 Å². The normalized spacial score (nSPS) is 26.8. The Morgan fingerprint density at radius 3 is 2.62 bits per heavy atom. The van der Waals surface area contributed by atoms with E-state index in [9.17, 15) is 24.5 Å². The van der Waals surface area contributed by atoms with E-state index < -0.39 is 31.0 Å². The largest absolute Gasteiger partial charge is 0.508 e. The number of unbranched alkanes of at least 4 members (excludes halogenated alkanes) is 2. The van der Waals surface area contributed by atoms with E-state index in [0.717, 1.165) is 16.6 Å². The van der Waals surface area contributed by atoms with Crippen molar-refractivity contribution in [3.05, 3.63) is 40.9 Å². The number of hydrogen-bond acceptors (Lipinski definition) is 6. The number of likely N-dealkylation sites (tertiary alicyclic amines) is 1. The molecule has 182 valence electrons. The number of aliphatic carboxylic acids is 1. The lowest BCUT2D eigenvalue weighted by atomic mass is 9.54. The molecule has 2 aliphatic heterocycles. The fourth-order valence-corrected chi connectivity index (χ4v) is 5.85. The van der Waals surface area contributed by atoms with Crippen molar-refractivity contribution in [1.82, 2.24) is 4.90 Å². The van der Waals surface area contributed by atoms with Crippen LogP contribution in [-0.4, -0.2) is 51.6 Å². The third-order valence-electron chi connectivity index (χ3n) is 7.45. The van der Waals surface area contributed by atoms with E-state index in [0.29, 0.717) is 38.6 Å². The van der Waals surface area contributed by atoms with Gasteiger partial charge in [-0.2, -0.15) is 0 Å². The Morgan fingerprint density at radius 1 is 1.18 bits per heavy atom. The molecule has 0 aromatic heterocycles. The van der Waals surface area contributed by atoms with Crippen molar-refractivity contribution in [1.29, 1.82) is 0 Å². The minimum atomic E-state index is -1.17. The number of hydrogen-bond donors (Lipinski definition) is 3. The fraction of sp³-hybridized carbons (Fsp3) is 0.560. The molecule has 2 amide bonds. The average Bonchev–Trinajstić information content (AvgIpc) is 3.02. The molecule has 1 aromatic carbocycles. The lowest BCUT2D eigenvalue weighted by Crippen LogP contribution is -2.45. The summed E-state index contributed by atoms with van der Waals surface area (Å²) < 4.78 is 5.95. The molecular weight excluding hydrogens is 437 g/mol. The minimum Gasteiger partial charge on any atom is -0.508 e. The summed E-state index contributed by atoms with van der Waals surface area (Å²) in [6.45, 7) is 4.34. The highest BCUT2D eigenvalue weighted by molar-refractivity contribution is 6.53. The minimum absolute atomic E-state index is 0.0779. The average molecular weight is 469 g/mol. The van der Waals surface area contributed by atoms with Crippen LogP contribution in [0.25, 0.3) is 0 Å². The Hall–Kier alpha value is -2.65. The van der Waals surface area contributed by atoms with Crippen LogP contribution < -0.4 is 0 Å². The molecule has 2 saturated heterocycles. The second-order valence-corrected chi connectivity index (χ2v) is 9.92. The van der Waals surface area contributed by atoms with E-state index in [1.54, 1.807) is 18.2 Å². The van der Waals surface area contributed by atoms with Crippen LogP contribution in [0.5, 0.6) is 5.75 Å². The first-order valence-corrected chi connectivity index (χ1v) is 12.1. The molecule has 0 bridgehead atoms. The lowest BCUT2D eigenvalue weighted by Gasteiger charge is -2.43. The van der Waals surface area contributed by atoms with Crippen molar-refractivity contribution < 1.29 is 34.3 Å². The van der Waals surface area contributed by atoms with Gasteiger partial charge in [-0.1, -0.05) is 38.0 Å². The zero-order valence-corrected chi connectivity index (χ0v) is 19.6. The molecule has 1 aromatic rings. The van der Waals surface area contributed by atoms with Gasteiger partial charge >= 0.3 is 13.1 Å². The monoisotopic (exact) mass is 469 g/mol. The van der Waals surface area contributed by atoms with Crippen LogP contribution >= 0.6 is 0 Å². The van der Waals surface area contributed by atoms with E-state index in [4.69, 9.17) is 9.76 Å². The zero-order chi connectivity index (χ0) is 24.6. The van der Waals surface area contributed by atoms with Crippen LogP contribution in [0.3, 0.4) is 0 Å². The maximum absolute atomic E-state index is 13.5. The van der Waals surface area contributed by atoms with Gasteiger partial charge in [0.25, 0.3) is 0 Å². The second kappa shape index (κ2) is 9.92. The van der Waals surface area contributed by atoms with E-state index in [2.05, 4.69) is 0 Å². The molecule has 34 heavy (non-hydrogen) atoms. The number of phenols is 1. The van der Waals surface area contributed by atoms with Crippen LogP contribution in [0.1, 0.15) is 64.0 Å². The van der Waals surface area contributed by atoms with Crippen LogP contribution in [0.15, 0.2) is 35.3 Å². The van der Waals surface area contributed by atoms with Crippen LogP contribution in [0.4, 0.5) is 0 Å². The van der Waals surface area contributed by atoms with Crippen molar-refractivity contribution in [2.75, 3.05) is 6.54 Å². The molecule has 9 heteroatoms. The van der Waals surface area contributed by atoms with Gasteiger partial charge < -0.3 is 19.9 Å². The van der Waals surface area contributed by atoms with Gasteiger partial charge in [0.15, 0.2) is 0 Å². The summed E-state index contributed by atoms with van der Waals surface area (Å²) in [5.41, 5.74) is 2.44. The number of carbonyl (C=O) groups is 3. The van der Waals surface area contributed by atoms with Gasteiger partial charge in [-0.25, -0.2) is 0 Å². The van der Waals surface area contributed by atoms with Gasteiger partial charge in [0.1, 0.15) is 5.75 Å². The molecule has 3 N–H and O–H groups in total. The van der Waals surface area contributed by atoms with Gasteiger partial charge in [-0.15, -0.1) is 0 Å². The first-order valence-electron chi connectivity index (χ1n) is 12.1. The van der Waals surface area contributed by atoms with Gasteiger partial charge in [-0.3, -0.25) is 19.3 Å². The number of nitrogens with zero attached hydrogens (tertiary/aromatic N) is 1. The SMILES string of the molecule is CC(C)C1=C2B(O)O[C@H](c3cccc(O)c3)C[C@H]2[C@H]2C(=O)N(CCCCCC(=O)O)C(=O)[C@H]2C1. The molecule has 2 heterocycles. The zero-order valence-electron chi connectivity index (χ0n) is 19.6. The van der Waals surface area contributed by atoms with Gasteiger partial charge in [-0.05, 0) is 60.7 Å². The lowest BCUT2D eigenvalue weighted by molar-refractivity contribution is -0.141. The van der Waals surface area contributed by atoms with Gasteiger partial charge in [0.05, 0.1) is 17.9 Å². The van der Waals surface area contributed by atoms with Crippen molar-refractivity contribution in [3.8, 4) is 5.75 Å². The van der Waals surface area contributed by atoms with E-state index in [-0.39, 0.29) is 35.8 Å². The summed E-state index contributed by atoms with van der Waals surface area (Å²) in [6, 6.07) is 6.70. The molecule has 2 fully saturated rings. The Kier molecular flexibility index (Phi) is 7.14. The molecule has 1 aliphatic carbocycles. The maximum Gasteiger partial charge on any atom is 0.487 e. The summed E-state index contributed by atoms with van der Waals surface area (Å²) in [6.07, 6.45) is 2.17. The quantitative estimate of drug-likeness (QED) is 0.304. The van der Waals surface area contributed by atoms with E-state index >= 15 is 0 Å². The number of rotatable bonds is 8. The predicted octanol–water partition coefficient (Wildman–Crippen LogP) is 3.09. The number of imide groups is 1. The number of carbonyl (C=O) groups excluding carboxylic acids is 2. The molecule has 0 spiro atoms. The molecule has 3 aliphatic rings. The number of phenolic OH excluding ortho intramolecular Hbond substituents is 1. The summed E-state index contributed by atoms with van der Waals surface area (Å²) >= 11 is 0. The summed E-state index contributed by atoms with van der Waals surface area (Å²) in [5.74, 6) is -2.33. The van der Waals surface area contributed by atoms with Crippen molar-refractivity contribution in [2.45, 2.75) is 58.5 Å². The Balaban J connectivity index is 1.58. The van der Waals surface area contributed by atoms with Crippen LogP contribution in [0.2, 0.25) is 0 Å². The first kappa shape index (κ1) is 24.5. The number of fused-ring (bicyclic) bond motifs is 3. The van der Waals surface area contributed by atoms with Crippen LogP contribution in [0, 0.1) is 23.7 Å². The summed E-state index contributed by atoms with van der Waals surface area (Å²) in [5, 5.41) is 29.7. The molecule has 4 rings (SSSR count). The molecule has 4 atom stereocenters. The summed E-state index contributed by atoms with van der Waals surface area (Å²) in [4.78, 5) is 38.9. The van der Waals surface area contributed by atoms with Gasteiger partial charge in [0.2, 0.25) is 11.8 Å². The molecule has 0 saturated carbocycles. The Morgan fingerprint density at radius 2 is 1.94 bits per heavy atom. The number of carboxylic acid groups (broad SMARTS) is 1. The Labute approximate surface area is 199 Å². The first-order chi connectivity index (χ1) is 16.2. The predicted molar refractivity (Wildman–Crippen MR) is 124 cm³/mol. The fourth-order valence-electron chi connectivity index (χ4n) is 5.85. The highest BCUT2D eigenvalue weighted by atomic mass is 16.5. The molecule has 8 nitrogen and oxygen atoms in total. The third-order valence-corrected chi connectivity index (χ3v) is 7.45. The standard InChI is InChI=1S/C25H32BNO7/c1-14(2)17-12-19-22(25(32)27(24(19)31)10-5-3-4-9-21(29)30)18-13-20(34-26(33)23(17)18)15-7-6-8-16(28)11-15/h6-8,11,14,18-20,22,28,33H,3-5,9-10,12-13H2,1-2H3,(H,29,30)/t18-,19-,20-,22+/m0/s1. The topological polar surface area (TPSA) is 124 Å². The number of amides is 2. The number of aromatic hydroxyl groups is 1. The smallest absolute Gasteiger partial charge is 0.487 e. The van der Waals surface area contributed by atoms with E-state index in [1.165, 1.54) is 4.90 Å². The molecule has 0 radical (unpaired) electrons. The number of benzene rings is 1. The van der Waals surface area contributed by atoms with Crippen molar-refractivity contribution >= 4 is 24.9 Å². The second-order valence-electron chi connectivity index (χ2n) is 9.92. The summed E-state index contributed by atoms with van der Waals surface area (Å²) in [7, 11) is -1.17.